The molecule has 0 atom stereocenters. The molecule has 4 aromatic rings. The Kier molecular flexibility index (Phi) is 5.34. The van der Waals surface area contributed by atoms with Crippen molar-refractivity contribution < 1.29 is 17.9 Å². The van der Waals surface area contributed by atoms with Crippen LogP contribution in [0, 0.1) is 0 Å². The van der Waals surface area contributed by atoms with E-state index in [1.54, 1.807) is 17.0 Å². The summed E-state index contributed by atoms with van der Waals surface area (Å²) in [6.07, 6.45) is 1.14. The van der Waals surface area contributed by atoms with E-state index in [4.69, 9.17) is 16.3 Å². The fourth-order valence-corrected chi connectivity index (χ4v) is 4.76. The van der Waals surface area contributed by atoms with Crippen molar-refractivity contribution in [3.05, 3.63) is 77.1 Å². The zero-order chi connectivity index (χ0) is 23.2. The highest BCUT2D eigenvalue weighted by molar-refractivity contribution is 7.90. The van der Waals surface area contributed by atoms with Crippen molar-refractivity contribution in [2.45, 2.75) is 11.4 Å². The van der Waals surface area contributed by atoms with Gasteiger partial charge in [-0.25, -0.2) is 13.4 Å². The van der Waals surface area contributed by atoms with E-state index in [1.807, 2.05) is 36.4 Å². The Morgan fingerprint density at radius 3 is 2.55 bits per heavy atom. The third kappa shape index (κ3) is 4.31. The van der Waals surface area contributed by atoms with Crippen molar-refractivity contribution in [3.8, 4) is 16.9 Å². The van der Waals surface area contributed by atoms with Crippen LogP contribution in [0.3, 0.4) is 0 Å². The molecule has 7 nitrogen and oxygen atoms in total. The van der Waals surface area contributed by atoms with Gasteiger partial charge in [0.2, 0.25) is 5.28 Å². The number of hydrogen-bond donors (Lipinski definition) is 1. The predicted octanol–water partition coefficient (Wildman–Crippen LogP) is 4.32. The standard InChI is InChI=1S/C24H20ClN3O4S/c1-33(30,31)19-6-2-15(3-7-19)23(29)28-10-11-32-22-9-5-16(12-18(22)14-28)17-4-8-20-21(13-17)27-24(25)26-20/h2-9,12-13H,10-11,14H2,1H3,(H,26,27). The fourth-order valence-electron chi connectivity index (χ4n) is 3.93. The van der Waals surface area contributed by atoms with Crippen LogP contribution in [0.15, 0.2) is 65.6 Å². The van der Waals surface area contributed by atoms with Gasteiger partial charge in [0.25, 0.3) is 5.91 Å². The van der Waals surface area contributed by atoms with Gasteiger partial charge in [-0.1, -0.05) is 12.1 Å². The molecule has 1 aliphatic rings. The first kappa shape index (κ1) is 21.5. The predicted molar refractivity (Wildman–Crippen MR) is 126 cm³/mol. The third-order valence-electron chi connectivity index (χ3n) is 5.64. The first-order chi connectivity index (χ1) is 15.8. The summed E-state index contributed by atoms with van der Waals surface area (Å²) in [5, 5.41) is 0.344. The van der Waals surface area contributed by atoms with Gasteiger partial charge < -0.3 is 14.6 Å². The van der Waals surface area contributed by atoms with Gasteiger partial charge in [-0.15, -0.1) is 0 Å². The monoisotopic (exact) mass is 481 g/mol. The molecule has 2 heterocycles. The van der Waals surface area contributed by atoms with Crippen molar-refractivity contribution in [2.24, 2.45) is 0 Å². The van der Waals surface area contributed by atoms with E-state index in [1.165, 1.54) is 12.1 Å². The number of aromatic nitrogens is 2. The average molecular weight is 482 g/mol. The number of carbonyl (C=O) groups excluding carboxylic acids is 1. The lowest BCUT2D eigenvalue weighted by molar-refractivity contribution is 0.0733. The molecule has 0 spiro atoms. The number of sulfone groups is 1. The number of hydrogen-bond acceptors (Lipinski definition) is 5. The van der Waals surface area contributed by atoms with E-state index in [0.29, 0.717) is 30.5 Å². The second-order valence-corrected chi connectivity index (χ2v) is 10.3. The number of halogens is 1. The maximum atomic E-state index is 13.1. The van der Waals surface area contributed by atoms with Gasteiger partial charge in [-0.05, 0) is 71.3 Å². The molecule has 0 aliphatic carbocycles. The molecule has 1 aliphatic heterocycles. The third-order valence-corrected chi connectivity index (χ3v) is 6.95. The van der Waals surface area contributed by atoms with Crippen LogP contribution in [0.5, 0.6) is 5.75 Å². The molecule has 168 valence electrons. The van der Waals surface area contributed by atoms with Crippen LogP contribution >= 0.6 is 11.6 Å². The van der Waals surface area contributed by atoms with Gasteiger partial charge in [-0.3, -0.25) is 4.79 Å². The largest absolute Gasteiger partial charge is 0.491 e. The molecule has 0 bridgehead atoms. The van der Waals surface area contributed by atoms with E-state index in [0.717, 1.165) is 39.7 Å². The molecular weight excluding hydrogens is 462 g/mol. The summed E-state index contributed by atoms with van der Waals surface area (Å²) in [5.41, 5.74) is 4.94. The molecular formula is C24H20ClN3O4S. The number of fused-ring (bicyclic) bond motifs is 2. The molecule has 3 aromatic carbocycles. The summed E-state index contributed by atoms with van der Waals surface area (Å²) in [6.45, 7) is 1.18. The number of aromatic amines is 1. The molecule has 9 heteroatoms. The summed E-state index contributed by atoms with van der Waals surface area (Å²) < 4.78 is 29.3. The topological polar surface area (TPSA) is 92.4 Å². The lowest BCUT2D eigenvalue weighted by atomic mass is 10.0. The lowest BCUT2D eigenvalue weighted by Crippen LogP contribution is -2.32. The second-order valence-electron chi connectivity index (χ2n) is 7.95. The fraction of sp³-hybridized carbons (Fsp3) is 0.167. The Morgan fingerprint density at radius 2 is 1.79 bits per heavy atom. The minimum atomic E-state index is -3.32. The number of amides is 1. The van der Waals surface area contributed by atoms with E-state index < -0.39 is 9.84 Å². The zero-order valence-electron chi connectivity index (χ0n) is 17.7. The second kappa shape index (κ2) is 8.20. The Hall–Kier alpha value is -3.36. The summed E-state index contributed by atoms with van der Waals surface area (Å²) in [5.74, 6) is 0.567. The van der Waals surface area contributed by atoms with Gasteiger partial charge in [0.1, 0.15) is 12.4 Å². The van der Waals surface area contributed by atoms with E-state index in [2.05, 4.69) is 9.97 Å². The number of imidazole rings is 1. The van der Waals surface area contributed by atoms with Crippen LogP contribution in [0.2, 0.25) is 5.28 Å². The van der Waals surface area contributed by atoms with E-state index in [9.17, 15) is 13.2 Å². The minimum absolute atomic E-state index is 0.176. The highest BCUT2D eigenvalue weighted by Crippen LogP contribution is 2.31. The maximum absolute atomic E-state index is 13.1. The highest BCUT2D eigenvalue weighted by atomic mass is 35.5. The van der Waals surface area contributed by atoms with Crippen LogP contribution < -0.4 is 4.74 Å². The van der Waals surface area contributed by atoms with Crippen LogP contribution in [-0.4, -0.2) is 48.6 Å². The molecule has 33 heavy (non-hydrogen) atoms. The molecule has 0 radical (unpaired) electrons. The molecule has 5 rings (SSSR count). The molecule has 0 fully saturated rings. The number of H-pyrrole nitrogens is 1. The molecule has 0 saturated heterocycles. The number of ether oxygens (including phenoxy) is 1. The Balaban J connectivity index is 1.43. The smallest absolute Gasteiger partial charge is 0.254 e. The van der Waals surface area contributed by atoms with Gasteiger partial charge in [0.05, 0.1) is 22.5 Å². The maximum Gasteiger partial charge on any atom is 0.254 e. The normalized spacial score (nSPS) is 13.9. The number of carbonyl (C=O) groups is 1. The van der Waals surface area contributed by atoms with Crippen molar-refractivity contribution in [1.29, 1.82) is 0 Å². The van der Waals surface area contributed by atoms with Crippen molar-refractivity contribution in [2.75, 3.05) is 19.4 Å². The summed E-state index contributed by atoms with van der Waals surface area (Å²) in [6, 6.07) is 17.8. The van der Waals surface area contributed by atoms with Crippen LogP contribution in [0.25, 0.3) is 22.2 Å². The number of benzene rings is 3. The summed E-state index contributed by atoms with van der Waals surface area (Å²) in [7, 11) is -3.32. The Labute approximate surface area is 195 Å². The lowest BCUT2D eigenvalue weighted by Gasteiger charge is -2.20. The van der Waals surface area contributed by atoms with E-state index >= 15 is 0 Å². The Bertz CT molecular complexity index is 1480. The molecule has 0 unspecified atom stereocenters. The van der Waals surface area contributed by atoms with Crippen molar-refractivity contribution >= 4 is 38.4 Å². The summed E-state index contributed by atoms with van der Waals surface area (Å²) in [4.78, 5) is 22.3. The van der Waals surface area contributed by atoms with Crippen LogP contribution in [-0.2, 0) is 16.4 Å². The molecule has 1 amide bonds. The number of nitrogens with zero attached hydrogens (tertiary/aromatic N) is 2. The number of rotatable bonds is 3. The summed E-state index contributed by atoms with van der Waals surface area (Å²) >= 11 is 5.97. The zero-order valence-corrected chi connectivity index (χ0v) is 19.3. The number of nitrogens with one attached hydrogen (secondary N) is 1. The van der Waals surface area contributed by atoms with Crippen LogP contribution in [0.4, 0.5) is 0 Å². The minimum Gasteiger partial charge on any atom is -0.491 e. The van der Waals surface area contributed by atoms with Crippen molar-refractivity contribution in [1.82, 2.24) is 14.9 Å². The first-order valence-corrected chi connectivity index (χ1v) is 12.6. The van der Waals surface area contributed by atoms with Crippen LogP contribution in [0.1, 0.15) is 15.9 Å². The molecule has 1 aromatic heterocycles. The van der Waals surface area contributed by atoms with Gasteiger partial charge >= 0.3 is 0 Å². The molecule has 1 N–H and O–H groups in total. The first-order valence-electron chi connectivity index (χ1n) is 10.3. The van der Waals surface area contributed by atoms with Gasteiger partial charge in [0, 0.05) is 23.9 Å². The van der Waals surface area contributed by atoms with E-state index in [-0.39, 0.29) is 10.8 Å². The quantitative estimate of drug-likeness (QED) is 0.470. The highest BCUT2D eigenvalue weighted by Gasteiger charge is 2.22. The van der Waals surface area contributed by atoms with Gasteiger partial charge in [0.15, 0.2) is 9.84 Å². The Morgan fingerprint density at radius 1 is 1.06 bits per heavy atom. The average Bonchev–Trinajstić information content (AvgIpc) is 3.03. The van der Waals surface area contributed by atoms with Gasteiger partial charge in [-0.2, -0.15) is 0 Å². The molecule has 0 saturated carbocycles. The SMILES string of the molecule is CS(=O)(=O)c1ccc(C(=O)N2CCOc3ccc(-c4ccc5nc(Cl)[nH]c5c4)cc3C2)cc1. The van der Waals surface area contributed by atoms with Crippen molar-refractivity contribution in [3.63, 3.8) is 0 Å².